The van der Waals surface area contributed by atoms with Crippen molar-refractivity contribution < 1.29 is 9.59 Å². The van der Waals surface area contributed by atoms with E-state index >= 15 is 0 Å². The molecule has 0 spiro atoms. The molecule has 88 valence electrons. The molecule has 0 bridgehead atoms. The van der Waals surface area contributed by atoms with Crippen LogP contribution in [0.4, 0.5) is 4.79 Å². The van der Waals surface area contributed by atoms with Gasteiger partial charge in [0.15, 0.2) is 0 Å². The SMILES string of the molecule is Cn1nccc1CCNC(=O)NC(=O)CCl. The van der Waals surface area contributed by atoms with E-state index in [2.05, 4.69) is 15.7 Å². The van der Waals surface area contributed by atoms with Crippen LogP contribution in [0.25, 0.3) is 0 Å². The lowest BCUT2D eigenvalue weighted by molar-refractivity contribution is -0.117. The second kappa shape index (κ2) is 6.12. The highest BCUT2D eigenvalue weighted by Crippen LogP contribution is 1.95. The van der Waals surface area contributed by atoms with Gasteiger partial charge in [-0.2, -0.15) is 5.10 Å². The fraction of sp³-hybridized carbons (Fsp3) is 0.444. The van der Waals surface area contributed by atoms with Gasteiger partial charge in [0.1, 0.15) is 5.88 Å². The van der Waals surface area contributed by atoms with Crippen molar-refractivity contribution in [1.82, 2.24) is 20.4 Å². The number of aromatic nitrogens is 2. The summed E-state index contributed by atoms with van der Waals surface area (Å²) in [6.45, 7) is 0.431. The van der Waals surface area contributed by atoms with Gasteiger partial charge in [0.25, 0.3) is 0 Å². The third-order valence-electron chi connectivity index (χ3n) is 1.96. The fourth-order valence-corrected chi connectivity index (χ4v) is 1.22. The first-order valence-corrected chi connectivity index (χ1v) is 5.27. The van der Waals surface area contributed by atoms with Crippen molar-refractivity contribution in [1.29, 1.82) is 0 Å². The molecule has 3 amide bonds. The van der Waals surface area contributed by atoms with Crippen LogP contribution < -0.4 is 10.6 Å². The van der Waals surface area contributed by atoms with Gasteiger partial charge in [-0.05, 0) is 6.07 Å². The number of amides is 3. The second-order valence-electron chi connectivity index (χ2n) is 3.13. The number of hydrogen-bond donors (Lipinski definition) is 2. The van der Waals surface area contributed by atoms with Gasteiger partial charge in [0.2, 0.25) is 5.91 Å². The Morgan fingerprint density at radius 1 is 1.56 bits per heavy atom. The van der Waals surface area contributed by atoms with Crippen LogP contribution in [-0.4, -0.2) is 34.1 Å². The molecule has 1 rings (SSSR count). The molecule has 16 heavy (non-hydrogen) atoms. The van der Waals surface area contributed by atoms with Crippen molar-refractivity contribution in [3.05, 3.63) is 18.0 Å². The van der Waals surface area contributed by atoms with Crippen molar-refractivity contribution in [3.8, 4) is 0 Å². The highest BCUT2D eigenvalue weighted by molar-refractivity contribution is 6.28. The second-order valence-corrected chi connectivity index (χ2v) is 3.40. The molecule has 6 nitrogen and oxygen atoms in total. The predicted octanol–water partition coefficient (Wildman–Crippen LogP) is 0.0272. The van der Waals surface area contributed by atoms with Crippen molar-refractivity contribution in [2.24, 2.45) is 7.05 Å². The molecule has 0 aliphatic carbocycles. The monoisotopic (exact) mass is 244 g/mol. The number of rotatable bonds is 4. The molecule has 0 fully saturated rings. The van der Waals surface area contributed by atoms with Gasteiger partial charge in [0, 0.05) is 31.9 Å². The maximum atomic E-state index is 11.1. The smallest absolute Gasteiger partial charge is 0.321 e. The summed E-state index contributed by atoms with van der Waals surface area (Å²) in [6.07, 6.45) is 2.34. The first kappa shape index (κ1) is 12.5. The molecular weight excluding hydrogens is 232 g/mol. The Kier molecular flexibility index (Phi) is 4.78. The number of carbonyl (C=O) groups is 2. The van der Waals surface area contributed by atoms with Crippen LogP contribution in [0, 0.1) is 0 Å². The van der Waals surface area contributed by atoms with Crippen LogP contribution in [-0.2, 0) is 18.3 Å². The number of carbonyl (C=O) groups excluding carboxylic acids is 2. The summed E-state index contributed by atoms with van der Waals surface area (Å²) < 4.78 is 1.73. The molecule has 0 aliphatic rings. The van der Waals surface area contributed by atoms with Gasteiger partial charge in [-0.3, -0.25) is 14.8 Å². The van der Waals surface area contributed by atoms with Crippen LogP contribution in [0.2, 0.25) is 0 Å². The van der Waals surface area contributed by atoms with Crippen LogP contribution in [0.3, 0.4) is 0 Å². The average Bonchev–Trinajstić information content (AvgIpc) is 2.64. The van der Waals surface area contributed by atoms with E-state index in [9.17, 15) is 9.59 Å². The molecule has 7 heteroatoms. The van der Waals surface area contributed by atoms with Crippen LogP contribution >= 0.6 is 11.6 Å². The quantitative estimate of drug-likeness (QED) is 0.734. The Labute approximate surface area is 98.0 Å². The molecule has 0 saturated carbocycles. The van der Waals surface area contributed by atoms with Gasteiger partial charge < -0.3 is 5.32 Å². The first-order chi connectivity index (χ1) is 7.63. The number of nitrogens with one attached hydrogen (secondary N) is 2. The number of halogens is 1. The standard InChI is InChI=1S/C9H13ClN4O2/c1-14-7(3-5-12-14)2-4-11-9(16)13-8(15)6-10/h3,5H,2,4,6H2,1H3,(H2,11,13,15,16). The van der Waals surface area contributed by atoms with Crippen molar-refractivity contribution >= 4 is 23.5 Å². The minimum atomic E-state index is -0.534. The Morgan fingerprint density at radius 2 is 2.31 bits per heavy atom. The molecule has 0 aromatic carbocycles. The maximum Gasteiger partial charge on any atom is 0.321 e. The van der Waals surface area contributed by atoms with E-state index in [-0.39, 0.29) is 5.88 Å². The molecule has 1 aromatic rings. The summed E-state index contributed by atoms with van der Waals surface area (Å²) in [5.74, 6) is -0.741. The summed E-state index contributed by atoms with van der Waals surface area (Å²) in [5, 5.41) is 8.62. The molecule has 2 N–H and O–H groups in total. The number of hydrogen-bond acceptors (Lipinski definition) is 3. The van der Waals surface area contributed by atoms with E-state index in [4.69, 9.17) is 11.6 Å². The third-order valence-corrected chi connectivity index (χ3v) is 2.21. The summed E-state index contributed by atoms with van der Waals surface area (Å²) in [5.41, 5.74) is 1.00. The number of alkyl halides is 1. The van der Waals surface area contributed by atoms with Crippen LogP contribution in [0.5, 0.6) is 0 Å². The molecule has 0 atom stereocenters. The zero-order valence-corrected chi connectivity index (χ0v) is 9.62. The van der Waals surface area contributed by atoms with E-state index in [1.165, 1.54) is 0 Å². The summed E-state index contributed by atoms with van der Waals surface area (Å²) in [7, 11) is 1.83. The molecule has 1 heterocycles. The zero-order valence-electron chi connectivity index (χ0n) is 8.86. The molecule has 0 aliphatic heterocycles. The van der Waals surface area contributed by atoms with E-state index in [0.717, 1.165) is 5.69 Å². The summed E-state index contributed by atoms with van der Waals surface area (Å²) in [4.78, 5) is 21.9. The molecular formula is C9H13ClN4O2. The maximum absolute atomic E-state index is 11.1. The zero-order chi connectivity index (χ0) is 12.0. The minimum Gasteiger partial charge on any atom is -0.337 e. The van der Waals surface area contributed by atoms with Crippen molar-refractivity contribution in [2.45, 2.75) is 6.42 Å². The van der Waals surface area contributed by atoms with Gasteiger partial charge in [-0.1, -0.05) is 0 Å². The van der Waals surface area contributed by atoms with E-state index < -0.39 is 11.9 Å². The van der Waals surface area contributed by atoms with E-state index in [1.54, 1.807) is 10.9 Å². The highest BCUT2D eigenvalue weighted by atomic mass is 35.5. The number of imide groups is 1. The normalized spacial score (nSPS) is 9.88. The number of aryl methyl sites for hydroxylation is 1. The largest absolute Gasteiger partial charge is 0.337 e. The topological polar surface area (TPSA) is 76.0 Å². The lowest BCUT2D eigenvalue weighted by Crippen LogP contribution is -2.40. The van der Waals surface area contributed by atoms with Crippen LogP contribution in [0.15, 0.2) is 12.3 Å². The van der Waals surface area contributed by atoms with Crippen molar-refractivity contribution in [3.63, 3.8) is 0 Å². The third kappa shape index (κ3) is 3.90. The Balaban J connectivity index is 2.23. The predicted molar refractivity (Wildman–Crippen MR) is 59.2 cm³/mol. The average molecular weight is 245 g/mol. The molecule has 0 unspecified atom stereocenters. The fourth-order valence-electron chi connectivity index (χ4n) is 1.15. The van der Waals surface area contributed by atoms with Gasteiger partial charge in [-0.25, -0.2) is 4.79 Å². The lowest BCUT2D eigenvalue weighted by atomic mass is 10.3. The Bertz CT molecular complexity index is 377. The highest BCUT2D eigenvalue weighted by Gasteiger charge is 2.05. The number of urea groups is 1. The van der Waals surface area contributed by atoms with Crippen LogP contribution in [0.1, 0.15) is 5.69 Å². The summed E-state index contributed by atoms with van der Waals surface area (Å²) in [6, 6.07) is 1.33. The molecule has 0 saturated heterocycles. The summed E-state index contributed by atoms with van der Waals surface area (Å²) >= 11 is 5.23. The number of nitrogens with zero attached hydrogens (tertiary/aromatic N) is 2. The lowest BCUT2D eigenvalue weighted by Gasteiger charge is -2.05. The molecule has 0 radical (unpaired) electrons. The Morgan fingerprint density at radius 3 is 2.88 bits per heavy atom. The minimum absolute atomic E-state index is 0.227. The van der Waals surface area contributed by atoms with E-state index in [1.807, 2.05) is 13.1 Å². The first-order valence-electron chi connectivity index (χ1n) is 4.74. The van der Waals surface area contributed by atoms with E-state index in [0.29, 0.717) is 13.0 Å². The molecule has 1 aromatic heterocycles. The van der Waals surface area contributed by atoms with Crippen molar-refractivity contribution in [2.75, 3.05) is 12.4 Å². The van der Waals surface area contributed by atoms with Gasteiger partial charge in [-0.15, -0.1) is 11.6 Å². The van der Waals surface area contributed by atoms with Gasteiger partial charge in [0.05, 0.1) is 0 Å². The van der Waals surface area contributed by atoms with Gasteiger partial charge >= 0.3 is 6.03 Å². The Hall–Kier alpha value is -1.56.